The van der Waals surface area contributed by atoms with Crippen LogP contribution >= 0.6 is 15.9 Å². The molecule has 0 N–H and O–H groups in total. The quantitative estimate of drug-likeness (QED) is 0.781. The minimum Gasteiger partial charge on any atom is -0.465 e. The van der Waals surface area contributed by atoms with Crippen molar-refractivity contribution in [1.29, 1.82) is 0 Å². The molecule has 4 nitrogen and oxygen atoms in total. The van der Waals surface area contributed by atoms with E-state index in [0.717, 1.165) is 36.2 Å². The van der Waals surface area contributed by atoms with E-state index in [2.05, 4.69) is 25.8 Å². The number of nitrogens with zero attached hydrogens (tertiary/aromatic N) is 2. The molecule has 2 heterocycles. The molecule has 0 radical (unpaired) electrons. The lowest BCUT2D eigenvalue weighted by molar-refractivity contribution is 0.0601. The summed E-state index contributed by atoms with van der Waals surface area (Å²) in [5.41, 5.74) is 0.527. The molecule has 0 bridgehead atoms. The molecule has 86 valence electrons. The average molecular weight is 285 g/mol. The lowest BCUT2D eigenvalue weighted by atomic mass is 10.2. The fraction of sp³-hybridized carbons (Fsp3) is 0.455. The van der Waals surface area contributed by atoms with E-state index >= 15 is 0 Å². The molecule has 1 aromatic heterocycles. The number of halogens is 1. The van der Waals surface area contributed by atoms with Gasteiger partial charge in [-0.3, -0.25) is 0 Å². The van der Waals surface area contributed by atoms with E-state index < -0.39 is 0 Å². The molecule has 0 amide bonds. The lowest BCUT2D eigenvalue weighted by Crippen LogP contribution is -2.22. The maximum atomic E-state index is 11.6. The zero-order valence-corrected chi connectivity index (χ0v) is 10.7. The topological polar surface area (TPSA) is 42.4 Å². The molecule has 2 rings (SSSR count). The van der Waals surface area contributed by atoms with Crippen LogP contribution < -0.4 is 4.90 Å². The van der Waals surface area contributed by atoms with E-state index in [9.17, 15) is 4.79 Å². The lowest BCUT2D eigenvalue weighted by Gasteiger charge is -2.18. The standard InChI is InChI=1S/C11H13BrN2O2/c1-16-11(15)9-6-8(12)7-13-10(9)14-4-2-3-5-14/h6-7H,2-5H2,1H3. The number of esters is 1. The smallest absolute Gasteiger partial charge is 0.341 e. The first-order valence-corrected chi connectivity index (χ1v) is 6.00. The summed E-state index contributed by atoms with van der Waals surface area (Å²) in [7, 11) is 1.39. The van der Waals surface area contributed by atoms with E-state index in [-0.39, 0.29) is 5.97 Å². The Morgan fingerprint density at radius 1 is 1.50 bits per heavy atom. The van der Waals surface area contributed by atoms with Gasteiger partial charge in [0.2, 0.25) is 0 Å². The summed E-state index contributed by atoms with van der Waals surface area (Å²) in [6, 6.07) is 1.76. The van der Waals surface area contributed by atoms with Crippen LogP contribution in [0.4, 0.5) is 5.82 Å². The van der Waals surface area contributed by atoms with Gasteiger partial charge in [-0.2, -0.15) is 0 Å². The normalized spacial score (nSPS) is 15.2. The Morgan fingerprint density at radius 2 is 2.19 bits per heavy atom. The molecule has 1 saturated heterocycles. The highest BCUT2D eigenvalue weighted by molar-refractivity contribution is 9.10. The first-order valence-electron chi connectivity index (χ1n) is 5.21. The van der Waals surface area contributed by atoms with Crippen molar-refractivity contribution in [3.8, 4) is 0 Å². The van der Waals surface area contributed by atoms with Crippen LogP contribution in [0.1, 0.15) is 23.2 Å². The van der Waals surface area contributed by atoms with Crippen molar-refractivity contribution in [2.45, 2.75) is 12.8 Å². The molecule has 1 aromatic rings. The van der Waals surface area contributed by atoms with Gasteiger partial charge in [-0.15, -0.1) is 0 Å². The molecule has 5 heteroatoms. The number of carbonyl (C=O) groups is 1. The summed E-state index contributed by atoms with van der Waals surface area (Å²) in [6.45, 7) is 1.91. The third-order valence-corrected chi connectivity index (χ3v) is 3.08. The molecule has 1 aliphatic rings. The number of anilines is 1. The zero-order chi connectivity index (χ0) is 11.5. The van der Waals surface area contributed by atoms with Gasteiger partial charge in [0.05, 0.1) is 7.11 Å². The summed E-state index contributed by atoms with van der Waals surface area (Å²) < 4.78 is 5.55. The van der Waals surface area contributed by atoms with Gasteiger partial charge in [-0.1, -0.05) is 0 Å². The Bertz CT molecular complexity index is 403. The maximum absolute atomic E-state index is 11.6. The number of ether oxygens (including phenoxy) is 1. The summed E-state index contributed by atoms with van der Waals surface area (Å²) in [5.74, 6) is 0.392. The summed E-state index contributed by atoms with van der Waals surface area (Å²) in [4.78, 5) is 18.1. The average Bonchev–Trinajstić information content (AvgIpc) is 2.81. The fourth-order valence-corrected chi connectivity index (χ4v) is 2.20. The first kappa shape index (κ1) is 11.4. The van der Waals surface area contributed by atoms with Crippen LogP contribution in [0.3, 0.4) is 0 Å². The predicted molar refractivity (Wildman–Crippen MR) is 64.7 cm³/mol. The number of aromatic nitrogens is 1. The SMILES string of the molecule is COC(=O)c1cc(Br)cnc1N1CCCC1. The van der Waals surface area contributed by atoms with Crippen molar-refractivity contribution in [3.05, 3.63) is 22.3 Å². The number of hydrogen-bond donors (Lipinski definition) is 0. The highest BCUT2D eigenvalue weighted by Crippen LogP contribution is 2.25. The van der Waals surface area contributed by atoms with E-state index in [4.69, 9.17) is 4.74 Å². The Labute approximate surface area is 103 Å². The molecule has 0 unspecified atom stereocenters. The molecule has 0 saturated carbocycles. The summed E-state index contributed by atoms with van der Waals surface area (Å²) >= 11 is 3.31. The Hall–Kier alpha value is -1.10. The minimum absolute atomic E-state index is 0.337. The molecule has 0 spiro atoms. The van der Waals surface area contributed by atoms with Crippen molar-refractivity contribution >= 4 is 27.7 Å². The van der Waals surface area contributed by atoms with Crippen LogP contribution in [-0.2, 0) is 4.74 Å². The molecule has 0 atom stereocenters. The van der Waals surface area contributed by atoms with E-state index in [1.165, 1.54) is 7.11 Å². The van der Waals surface area contributed by atoms with Crippen molar-refractivity contribution in [2.75, 3.05) is 25.1 Å². The van der Waals surface area contributed by atoms with E-state index in [0.29, 0.717) is 5.56 Å². The highest BCUT2D eigenvalue weighted by atomic mass is 79.9. The van der Waals surface area contributed by atoms with E-state index in [1.54, 1.807) is 12.3 Å². The van der Waals surface area contributed by atoms with Gasteiger partial charge in [0.1, 0.15) is 11.4 Å². The number of carbonyl (C=O) groups excluding carboxylic acids is 1. The highest BCUT2D eigenvalue weighted by Gasteiger charge is 2.21. The maximum Gasteiger partial charge on any atom is 0.341 e. The zero-order valence-electron chi connectivity index (χ0n) is 9.07. The summed E-state index contributed by atoms with van der Waals surface area (Å²) in [5, 5.41) is 0. The second-order valence-electron chi connectivity index (χ2n) is 3.71. The minimum atomic E-state index is -0.337. The monoisotopic (exact) mass is 284 g/mol. The van der Waals surface area contributed by atoms with Crippen LogP contribution in [0.25, 0.3) is 0 Å². The Kier molecular flexibility index (Phi) is 3.43. The van der Waals surface area contributed by atoms with Gasteiger partial charge >= 0.3 is 5.97 Å². The molecule has 0 aliphatic carbocycles. The van der Waals surface area contributed by atoms with Gasteiger partial charge in [0.25, 0.3) is 0 Å². The van der Waals surface area contributed by atoms with Crippen LogP contribution in [0.15, 0.2) is 16.7 Å². The number of rotatable bonds is 2. The van der Waals surface area contributed by atoms with Crippen molar-refractivity contribution in [1.82, 2.24) is 4.98 Å². The van der Waals surface area contributed by atoms with Gasteiger partial charge in [-0.05, 0) is 34.8 Å². The summed E-state index contributed by atoms with van der Waals surface area (Å²) in [6.07, 6.45) is 4.01. The molecule has 1 aliphatic heterocycles. The third-order valence-electron chi connectivity index (χ3n) is 2.64. The first-order chi connectivity index (χ1) is 7.72. The molecular formula is C11H13BrN2O2. The number of hydrogen-bond acceptors (Lipinski definition) is 4. The van der Waals surface area contributed by atoms with E-state index in [1.807, 2.05) is 0 Å². The Balaban J connectivity index is 2.38. The van der Waals surface area contributed by atoms with Crippen LogP contribution in [0.2, 0.25) is 0 Å². The number of methoxy groups -OCH3 is 1. The van der Waals surface area contributed by atoms with Crippen LogP contribution in [0, 0.1) is 0 Å². The molecule has 0 aromatic carbocycles. The largest absolute Gasteiger partial charge is 0.465 e. The van der Waals surface area contributed by atoms with Crippen molar-refractivity contribution in [2.24, 2.45) is 0 Å². The van der Waals surface area contributed by atoms with Gasteiger partial charge < -0.3 is 9.64 Å². The third kappa shape index (κ3) is 2.19. The van der Waals surface area contributed by atoms with Crippen molar-refractivity contribution in [3.63, 3.8) is 0 Å². The van der Waals surface area contributed by atoms with Crippen molar-refractivity contribution < 1.29 is 9.53 Å². The van der Waals surface area contributed by atoms with Crippen LogP contribution in [-0.4, -0.2) is 31.2 Å². The van der Waals surface area contributed by atoms with Gasteiger partial charge in [-0.25, -0.2) is 9.78 Å². The van der Waals surface area contributed by atoms with Gasteiger partial charge in [0, 0.05) is 23.8 Å². The second-order valence-corrected chi connectivity index (χ2v) is 4.63. The molecule has 1 fully saturated rings. The molecular weight excluding hydrogens is 272 g/mol. The molecule has 16 heavy (non-hydrogen) atoms. The second kappa shape index (κ2) is 4.82. The Morgan fingerprint density at radius 3 is 2.81 bits per heavy atom. The van der Waals surface area contributed by atoms with Gasteiger partial charge in [0.15, 0.2) is 0 Å². The number of pyridine rings is 1. The van der Waals surface area contributed by atoms with Crippen LogP contribution in [0.5, 0.6) is 0 Å². The predicted octanol–water partition coefficient (Wildman–Crippen LogP) is 2.23. The fourth-order valence-electron chi connectivity index (χ4n) is 1.87.